The summed E-state index contributed by atoms with van der Waals surface area (Å²) in [5.74, 6) is 2.79. The van der Waals surface area contributed by atoms with Crippen LogP contribution in [0.5, 0.6) is 17.2 Å². The SMILES string of the molecule is COc1ccc(COC[C@@H]2CC[C@H](OCc3ccc(OC)cc3)[C@H]2OCc2ccc(OC)cc2)cc1. The number of benzene rings is 3. The lowest BCUT2D eigenvalue weighted by Gasteiger charge is -2.26. The summed E-state index contributed by atoms with van der Waals surface area (Å²) >= 11 is 0. The van der Waals surface area contributed by atoms with Crippen LogP contribution in [0, 0.1) is 5.92 Å². The monoisotopic (exact) mass is 492 g/mol. The van der Waals surface area contributed by atoms with Gasteiger partial charge in [-0.2, -0.15) is 0 Å². The quantitative estimate of drug-likeness (QED) is 0.300. The van der Waals surface area contributed by atoms with Gasteiger partial charge in [-0.1, -0.05) is 36.4 Å². The minimum Gasteiger partial charge on any atom is -0.497 e. The number of ether oxygens (including phenoxy) is 6. The first kappa shape index (κ1) is 26.0. The summed E-state index contributed by atoms with van der Waals surface area (Å²) < 4.78 is 34.7. The topological polar surface area (TPSA) is 55.4 Å². The lowest BCUT2D eigenvalue weighted by atomic mass is 10.1. The standard InChI is InChI=1S/C30H36O6/c1-31-26-11-4-22(5-12-26)18-34-21-25-10-17-29(35-19-23-6-13-27(32-2)14-7-23)30(25)36-20-24-8-15-28(33-3)16-9-24/h4-9,11-16,25,29-30H,10,17-21H2,1-3H3/t25-,29-,30-/m0/s1. The predicted octanol–water partition coefficient (Wildman–Crippen LogP) is 5.81. The predicted molar refractivity (Wildman–Crippen MR) is 139 cm³/mol. The molecule has 0 heterocycles. The molecule has 3 aromatic rings. The van der Waals surface area contributed by atoms with Crippen molar-refractivity contribution in [2.75, 3.05) is 27.9 Å². The molecule has 6 heteroatoms. The van der Waals surface area contributed by atoms with E-state index in [1.807, 2.05) is 72.8 Å². The molecule has 192 valence electrons. The molecule has 0 saturated heterocycles. The fourth-order valence-corrected chi connectivity index (χ4v) is 4.50. The fraction of sp³-hybridized carbons (Fsp3) is 0.400. The zero-order valence-corrected chi connectivity index (χ0v) is 21.4. The minimum absolute atomic E-state index is 0.0138. The van der Waals surface area contributed by atoms with Crippen molar-refractivity contribution in [1.29, 1.82) is 0 Å². The van der Waals surface area contributed by atoms with E-state index in [2.05, 4.69) is 0 Å². The van der Waals surface area contributed by atoms with E-state index in [1.54, 1.807) is 21.3 Å². The molecule has 6 nitrogen and oxygen atoms in total. The molecule has 0 amide bonds. The van der Waals surface area contributed by atoms with Crippen LogP contribution in [-0.2, 0) is 34.0 Å². The van der Waals surface area contributed by atoms with Crippen molar-refractivity contribution in [1.82, 2.24) is 0 Å². The molecule has 3 aromatic carbocycles. The summed E-state index contributed by atoms with van der Waals surface area (Å²) in [5, 5.41) is 0. The summed E-state index contributed by atoms with van der Waals surface area (Å²) in [7, 11) is 5.02. The molecule has 0 aliphatic heterocycles. The minimum atomic E-state index is -0.0405. The lowest BCUT2D eigenvalue weighted by Crippen LogP contribution is -2.33. The third-order valence-electron chi connectivity index (χ3n) is 6.64. The molecule has 1 fully saturated rings. The van der Waals surface area contributed by atoms with Gasteiger partial charge in [0.25, 0.3) is 0 Å². The summed E-state index contributed by atoms with van der Waals surface area (Å²) in [6.45, 7) is 2.24. The molecule has 0 aromatic heterocycles. The highest BCUT2D eigenvalue weighted by Crippen LogP contribution is 2.33. The van der Waals surface area contributed by atoms with Crippen molar-refractivity contribution in [3.05, 3.63) is 89.5 Å². The van der Waals surface area contributed by atoms with E-state index in [9.17, 15) is 0 Å². The molecular weight excluding hydrogens is 456 g/mol. The summed E-state index contributed by atoms with van der Waals surface area (Å²) in [6, 6.07) is 24.0. The first-order valence-electron chi connectivity index (χ1n) is 12.4. The van der Waals surface area contributed by atoms with E-state index < -0.39 is 0 Å². The molecule has 1 aliphatic carbocycles. The van der Waals surface area contributed by atoms with Crippen LogP contribution in [0.15, 0.2) is 72.8 Å². The molecule has 0 bridgehead atoms. The molecule has 1 saturated carbocycles. The van der Waals surface area contributed by atoms with Gasteiger partial charge in [0, 0.05) is 5.92 Å². The van der Waals surface area contributed by atoms with Gasteiger partial charge in [-0.3, -0.25) is 0 Å². The van der Waals surface area contributed by atoms with E-state index in [-0.39, 0.29) is 18.1 Å². The average Bonchev–Trinajstić information content (AvgIpc) is 3.33. The van der Waals surface area contributed by atoms with Crippen molar-refractivity contribution in [2.45, 2.75) is 44.9 Å². The molecule has 0 radical (unpaired) electrons. The molecular formula is C30H36O6. The van der Waals surface area contributed by atoms with Crippen molar-refractivity contribution in [3.63, 3.8) is 0 Å². The Hall–Kier alpha value is -3.06. The maximum atomic E-state index is 6.46. The highest BCUT2D eigenvalue weighted by molar-refractivity contribution is 5.28. The van der Waals surface area contributed by atoms with E-state index in [4.69, 9.17) is 28.4 Å². The first-order chi connectivity index (χ1) is 17.7. The van der Waals surface area contributed by atoms with Gasteiger partial charge in [-0.05, 0) is 65.9 Å². The zero-order chi connectivity index (χ0) is 25.2. The second-order valence-electron chi connectivity index (χ2n) is 9.02. The van der Waals surface area contributed by atoms with Gasteiger partial charge in [0.1, 0.15) is 17.2 Å². The molecule has 4 rings (SSSR count). The van der Waals surface area contributed by atoms with Crippen LogP contribution < -0.4 is 14.2 Å². The summed E-state index contributed by atoms with van der Waals surface area (Å²) in [4.78, 5) is 0. The second-order valence-corrected chi connectivity index (χ2v) is 9.02. The molecule has 0 unspecified atom stereocenters. The van der Waals surface area contributed by atoms with Crippen LogP contribution in [0.4, 0.5) is 0 Å². The third-order valence-corrected chi connectivity index (χ3v) is 6.64. The number of hydrogen-bond donors (Lipinski definition) is 0. The number of methoxy groups -OCH3 is 3. The van der Waals surface area contributed by atoms with Crippen LogP contribution in [0.25, 0.3) is 0 Å². The van der Waals surface area contributed by atoms with E-state index in [1.165, 1.54) is 0 Å². The highest BCUT2D eigenvalue weighted by atomic mass is 16.5. The largest absolute Gasteiger partial charge is 0.497 e. The van der Waals surface area contributed by atoms with Gasteiger partial charge < -0.3 is 28.4 Å². The Morgan fingerprint density at radius 3 is 1.47 bits per heavy atom. The normalized spacial score (nSPS) is 19.2. The highest BCUT2D eigenvalue weighted by Gasteiger charge is 2.38. The van der Waals surface area contributed by atoms with E-state index in [0.717, 1.165) is 46.8 Å². The Morgan fingerprint density at radius 2 is 1.00 bits per heavy atom. The maximum absolute atomic E-state index is 6.46. The van der Waals surface area contributed by atoms with Gasteiger partial charge in [-0.15, -0.1) is 0 Å². The van der Waals surface area contributed by atoms with Gasteiger partial charge in [0.15, 0.2) is 0 Å². The van der Waals surface area contributed by atoms with Crippen LogP contribution >= 0.6 is 0 Å². The van der Waals surface area contributed by atoms with Gasteiger partial charge >= 0.3 is 0 Å². The maximum Gasteiger partial charge on any atom is 0.118 e. The van der Waals surface area contributed by atoms with E-state index in [0.29, 0.717) is 26.4 Å². The number of hydrogen-bond acceptors (Lipinski definition) is 6. The lowest BCUT2D eigenvalue weighted by molar-refractivity contribution is -0.0948. The van der Waals surface area contributed by atoms with Crippen LogP contribution in [-0.4, -0.2) is 40.1 Å². The second kappa shape index (κ2) is 13.3. The Kier molecular flexibility index (Phi) is 9.61. The molecule has 0 spiro atoms. The zero-order valence-electron chi connectivity index (χ0n) is 21.4. The van der Waals surface area contributed by atoms with Gasteiger partial charge in [-0.25, -0.2) is 0 Å². The Labute approximate surface area is 214 Å². The van der Waals surface area contributed by atoms with E-state index >= 15 is 0 Å². The Balaban J connectivity index is 1.35. The van der Waals surface area contributed by atoms with Crippen molar-refractivity contribution in [3.8, 4) is 17.2 Å². The molecule has 0 N–H and O–H groups in total. The molecule has 36 heavy (non-hydrogen) atoms. The Bertz CT molecular complexity index is 1030. The van der Waals surface area contributed by atoms with Crippen LogP contribution in [0.1, 0.15) is 29.5 Å². The van der Waals surface area contributed by atoms with Gasteiger partial charge in [0.2, 0.25) is 0 Å². The Morgan fingerprint density at radius 1 is 0.556 bits per heavy atom. The summed E-state index contributed by atoms with van der Waals surface area (Å²) in [6.07, 6.45) is 1.92. The van der Waals surface area contributed by atoms with Crippen molar-refractivity contribution < 1.29 is 28.4 Å². The molecule has 3 atom stereocenters. The van der Waals surface area contributed by atoms with Gasteiger partial charge in [0.05, 0.1) is 60.0 Å². The first-order valence-corrected chi connectivity index (χ1v) is 12.4. The smallest absolute Gasteiger partial charge is 0.118 e. The average molecular weight is 493 g/mol. The number of rotatable bonds is 13. The molecule has 1 aliphatic rings. The third kappa shape index (κ3) is 7.23. The van der Waals surface area contributed by atoms with Crippen LogP contribution in [0.2, 0.25) is 0 Å². The fourth-order valence-electron chi connectivity index (χ4n) is 4.50. The summed E-state index contributed by atoms with van der Waals surface area (Å²) in [5.41, 5.74) is 3.34. The van der Waals surface area contributed by atoms with Crippen molar-refractivity contribution >= 4 is 0 Å². The van der Waals surface area contributed by atoms with Crippen LogP contribution in [0.3, 0.4) is 0 Å². The van der Waals surface area contributed by atoms with Crippen molar-refractivity contribution in [2.24, 2.45) is 5.92 Å².